The van der Waals surface area contributed by atoms with Gasteiger partial charge in [0.15, 0.2) is 0 Å². The second-order valence-corrected chi connectivity index (χ2v) is 6.33. The lowest BCUT2D eigenvalue weighted by molar-refractivity contribution is -0.121. The molecule has 9 heteroatoms. The van der Waals surface area contributed by atoms with Crippen LogP contribution in [0, 0.1) is 5.92 Å². The Morgan fingerprint density at radius 1 is 1.38 bits per heavy atom. The molecule has 3 rings (SSSR count). The number of likely N-dealkylation sites (tertiary alicyclic amines) is 1. The molecular weight excluding hydrogens is 328 g/mol. The number of hydrogen-bond donors (Lipinski definition) is 2. The average molecular weight is 346 g/mol. The van der Waals surface area contributed by atoms with Crippen LogP contribution in [-0.4, -0.2) is 45.1 Å². The SMILES string of the molecule is O=C(Nc1nncs1)[C@H]1CCCN(C(=O)NCc2ccccn2)C1. The van der Waals surface area contributed by atoms with E-state index in [1.54, 1.807) is 16.6 Å². The van der Waals surface area contributed by atoms with Crippen LogP contribution >= 0.6 is 11.3 Å². The third-order valence-corrected chi connectivity index (χ3v) is 4.42. The minimum Gasteiger partial charge on any atom is -0.332 e. The molecule has 8 nitrogen and oxygen atoms in total. The molecule has 3 amide bonds. The van der Waals surface area contributed by atoms with Gasteiger partial charge in [0.1, 0.15) is 5.51 Å². The van der Waals surface area contributed by atoms with Crippen LogP contribution in [0.25, 0.3) is 0 Å². The fraction of sp³-hybridized carbons (Fsp3) is 0.400. The van der Waals surface area contributed by atoms with Crippen molar-refractivity contribution in [2.24, 2.45) is 5.92 Å². The Bertz CT molecular complexity index is 679. The van der Waals surface area contributed by atoms with E-state index in [1.165, 1.54) is 11.3 Å². The zero-order valence-electron chi connectivity index (χ0n) is 13.0. The number of rotatable bonds is 4. The van der Waals surface area contributed by atoms with Crippen LogP contribution in [0.4, 0.5) is 9.93 Å². The molecule has 0 radical (unpaired) electrons. The number of aromatic nitrogens is 3. The quantitative estimate of drug-likeness (QED) is 0.874. The molecule has 2 aromatic heterocycles. The van der Waals surface area contributed by atoms with Crippen molar-refractivity contribution in [2.45, 2.75) is 19.4 Å². The highest BCUT2D eigenvalue weighted by atomic mass is 32.1. The van der Waals surface area contributed by atoms with Gasteiger partial charge in [-0.3, -0.25) is 9.78 Å². The molecule has 0 spiro atoms. The zero-order chi connectivity index (χ0) is 16.8. The van der Waals surface area contributed by atoms with Gasteiger partial charge in [-0.1, -0.05) is 17.4 Å². The van der Waals surface area contributed by atoms with E-state index >= 15 is 0 Å². The van der Waals surface area contributed by atoms with Crippen LogP contribution in [0.5, 0.6) is 0 Å². The van der Waals surface area contributed by atoms with Gasteiger partial charge < -0.3 is 15.5 Å². The summed E-state index contributed by atoms with van der Waals surface area (Å²) < 4.78 is 0. The standard InChI is InChI=1S/C15H18N6O2S/c22-13(19-14-20-18-10-24-14)11-4-3-7-21(9-11)15(23)17-8-12-5-1-2-6-16-12/h1-2,5-6,10-11H,3-4,7-9H2,(H,17,23)(H,19,20,22)/t11-/m0/s1. The van der Waals surface area contributed by atoms with Gasteiger partial charge in [-0.05, 0) is 25.0 Å². The summed E-state index contributed by atoms with van der Waals surface area (Å²) in [7, 11) is 0. The van der Waals surface area contributed by atoms with Crippen molar-refractivity contribution in [1.82, 2.24) is 25.4 Å². The van der Waals surface area contributed by atoms with Crippen LogP contribution in [-0.2, 0) is 11.3 Å². The number of nitrogens with one attached hydrogen (secondary N) is 2. The van der Waals surface area contributed by atoms with Crippen LogP contribution in [0.3, 0.4) is 0 Å². The molecule has 2 aromatic rings. The number of pyridine rings is 1. The Balaban J connectivity index is 1.51. The third-order valence-electron chi connectivity index (χ3n) is 3.82. The van der Waals surface area contributed by atoms with Crippen molar-refractivity contribution >= 4 is 28.4 Å². The van der Waals surface area contributed by atoms with Gasteiger partial charge in [0.25, 0.3) is 0 Å². The summed E-state index contributed by atoms with van der Waals surface area (Å²) in [5.74, 6) is -0.350. The fourth-order valence-electron chi connectivity index (χ4n) is 2.59. The molecule has 0 saturated carbocycles. The van der Waals surface area contributed by atoms with Gasteiger partial charge in [-0.25, -0.2) is 4.79 Å². The number of nitrogens with zero attached hydrogens (tertiary/aromatic N) is 4. The first-order valence-electron chi connectivity index (χ1n) is 7.72. The van der Waals surface area contributed by atoms with E-state index in [4.69, 9.17) is 0 Å². The molecule has 0 bridgehead atoms. The Hall–Kier alpha value is -2.55. The van der Waals surface area contributed by atoms with Gasteiger partial charge in [-0.2, -0.15) is 0 Å². The first kappa shape index (κ1) is 16.3. The molecule has 1 fully saturated rings. The van der Waals surface area contributed by atoms with E-state index in [-0.39, 0.29) is 17.9 Å². The maximum Gasteiger partial charge on any atom is 0.317 e. The van der Waals surface area contributed by atoms with E-state index in [9.17, 15) is 9.59 Å². The maximum absolute atomic E-state index is 12.3. The highest BCUT2D eigenvalue weighted by Crippen LogP contribution is 2.19. The first-order chi connectivity index (χ1) is 11.7. The highest BCUT2D eigenvalue weighted by molar-refractivity contribution is 7.13. The lowest BCUT2D eigenvalue weighted by Crippen LogP contribution is -2.47. The van der Waals surface area contributed by atoms with Gasteiger partial charge >= 0.3 is 6.03 Å². The monoisotopic (exact) mass is 346 g/mol. The van der Waals surface area contributed by atoms with E-state index in [0.717, 1.165) is 18.5 Å². The minimum absolute atomic E-state index is 0.117. The first-order valence-corrected chi connectivity index (χ1v) is 8.60. The Morgan fingerprint density at radius 2 is 2.29 bits per heavy atom. The summed E-state index contributed by atoms with van der Waals surface area (Å²) in [5.41, 5.74) is 2.36. The van der Waals surface area contributed by atoms with Crippen molar-refractivity contribution in [3.05, 3.63) is 35.6 Å². The normalized spacial score (nSPS) is 17.3. The molecule has 0 aromatic carbocycles. The van der Waals surface area contributed by atoms with Crippen molar-refractivity contribution < 1.29 is 9.59 Å². The van der Waals surface area contributed by atoms with Crippen LogP contribution in [0.15, 0.2) is 29.9 Å². The highest BCUT2D eigenvalue weighted by Gasteiger charge is 2.28. The fourth-order valence-corrected chi connectivity index (χ4v) is 3.04. The zero-order valence-corrected chi connectivity index (χ0v) is 13.8. The number of carbonyl (C=O) groups excluding carboxylic acids is 2. The molecule has 1 aliphatic rings. The summed E-state index contributed by atoms with van der Waals surface area (Å²) in [6.07, 6.45) is 3.25. The van der Waals surface area contributed by atoms with Gasteiger partial charge in [-0.15, -0.1) is 10.2 Å². The molecular formula is C15H18N6O2S. The summed E-state index contributed by atoms with van der Waals surface area (Å²) in [6, 6.07) is 5.39. The molecule has 0 aliphatic carbocycles. The number of carbonyl (C=O) groups is 2. The largest absolute Gasteiger partial charge is 0.332 e. The Kier molecular flexibility index (Phi) is 5.32. The van der Waals surface area contributed by atoms with E-state index in [0.29, 0.717) is 24.8 Å². The number of hydrogen-bond acceptors (Lipinski definition) is 6. The summed E-state index contributed by atoms with van der Waals surface area (Å²) in [5, 5.41) is 13.6. The lowest BCUT2D eigenvalue weighted by Gasteiger charge is -2.31. The predicted molar refractivity (Wildman–Crippen MR) is 89.3 cm³/mol. The molecule has 2 N–H and O–H groups in total. The predicted octanol–water partition coefficient (Wildman–Crippen LogP) is 1.49. The average Bonchev–Trinajstić information content (AvgIpc) is 3.13. The van der Waals surface area contributed by atoms with Gasteiger partial charge in [0.05, 0.1) is 18.2 Å². The number of anilines is 1. The van der Waals surface area contributed by atoms with Crippen molar-refractivity contribution in [2.75, 3.05) is 18.4 Å². The van der Waals surface area contributed by atoms with Gasteiger partial charge in [0, 0.05) is 19.3 Å². The van der Waals surface area contributed by atoms with E-state index in [2.05, 4.69) is 25.8 Å². The maximum atomic E-state index is 12.3. The minimum atomic E-state index is -0.233. The van der Waals surface area contributed by atoms with Crippen molar-refractivity contribution in [3.8, 4) is 0 Å². The van der Waals surface area contributed by atoms with Crippen molar-refractivity contribution in [3.63, 3.8) is 0 Å². The number of urea groups is 1. The Labute approximate surface area is 143 Å². The third kappa shape index (κ3) is 4.25. The molecule has 1 atom stereocenters. The van der Waals surface area contributed by atoms with Crippen LogP contribution in [0.2, 0.25) is 0 Å². The Morgan fingerprint density at radius 3 is 3.04 bits per heavy atom. The molecule has 1 saturated heterocycles. The molecule has 24 heavy (non-hydrogen) atoms. The summed E-state index contributed by atoms with van der Waals surface area (Å²) >= 11 is 1.27. The molecule has 1 aliphatic heterocycles. The van der Waals surface area contributed by atoms with Crippen LogP contribution in [0.1, 0.15) is 18.5 Å². The smallest absolute Gasteiger partial charge is 0.317 e. The van der Waals surface area contributed by atoms with E-state index < -0.39 is 0 Å². The molecule has 3 heterocycles. The van der Waals surface area contributed by atoms with E-state index in [1.807, 2.05) is 18.2 Å². The summed E-state index contributed by atoms with van der Waals surface area (Å²) in [4.78, 5) is 30.4. The lowest BCUT2D eigenvalue weighted by atomic mass is 9.97. The van der Waals surface area contributed by atoms with Crippen LogP contribution < -0.4 is 10.6 Å². The number of amides is 3. The molecule has 0 unspecified atom stereocenters. The second-order valence-electron chi connectivity index (χ2n) is 5.50. The summed E-state index contributed by atoms with van der Waals surface area (Å²) in [6.45, 7) is 1.42. The topological polar surface area (TPSA) is 100 Å². The second kappa shape index (κ2) is 7.82. The number of piperidine rings is 1. The van der Waals surface area contributed by atoms with Crippen molar-refractivity contribution in [1.29, 1.82) is 0 Å². The van der Waals surface area contributed by atoms with Gasteiger partial charge in [0.2, 0.25) is 11.0 Å². The molecule has 126 valence electrons.